The Morgan fingerprint density at radius 2 is 1.70 bits per heavy atom. The molecule has 33 heavy (non-hydrogen) atoms. The van der Waals surface area contributed by atoms with Crippen LogP contribution in [0, 0.1) is 52.3 Å². The minimum absolute atomic E-state index is 0.124. The Morgan fingerprint density at radius 3 is 2.36 bits per heavy atom. The maximum atomic E-state index is 12.1. The van der Waals surface area contributed by atoms with Gasteiger partial charge in [0.2, 0.25) is 0 Å². The van der Waals surface area contributed by atoms with E-state index in [4.69, 9.17) is 0 Å². The van der Waals surface area contributed by atoms with Gasteiger partial charge in [0.25, 0.3) is 0 Å². The van der Waals surface area contributed by atoms with Crippen LogP contribution < -0.4 is 0 Å². The van der Waals surface area contributed by atoms with Gasteiger partial charge in [0.05, 0.1) is 12.2 Å². The molecule has 0 aromatic carbocycles. The molecular weight excluding hydrogens is 408 g/mol. The molecule has 4 aliphatic carbocycles. The van der Waals surface area contributed by atoms with Crippen LogP contribution in [0.5, 0.6) is 0 Å². The number of fused-ring (bicyclic) bond motifs is 5. The minimum Gasteiger partial charge on any atom is -0.390 e. The van der Waals surface area contributed by atoms with Crippen molar-refractivity contribution in [3.05, 3.63) is 11.6 Å². The van der Waals surface area contributed by atoms with E-state index in [9.17, 15) is 15.0 Å². The predicted molar refractivity (Wildman–Crippen MR) is 135 cm³/mol. The van der Waals surface area contributed by atoms with Crippen LogP contribution in [0.25, 0.3) is 0 Å². The third-order valence-electron chi connectivity index (χ3n) is 11.6. The fourth-order valence-electron chi connectivity index (χ4n) is 9.57. The topological polar surface area (TPSA) is 57.5 Å². The Morgan fingerprint density at radius 1 is 0.970 bits per heavy atom. The number of aliphatic hydroxyl groups is 2. The van der Waals surface area contributed by atoms with Gasteiger partial charge >= 0.3 is 0 Å². The first kappa shape index (κ1) is 25.4. The summed E-state index contributed by atoms with van der Waals surface area (Å²) in [6.45, 7) is 13.7. The van der Waals surface area contributed by atoms with Crippen molar-refractivity contribution in [3.8, 4) is 0 Å². The highest BCUT2D eigenvalue weighted by molar-refractivity contribution is 5.91. The summed E-state index contributed by atoms with van der Waals surface area (Å²) in [4.78, 5) is 12.1. The summed E-state index contributed by atoms with van der Waals surface area (Å²) < 4.78 is 0. The van der Waals surface area contributed by atoms with Gasteiger partial charge in [-0.3, -0.25) is 4.79 Å². The second kappa shape index (κ2) is 9.41. The average molecular weight is 459 g/mol. The first-order valence-electron chi connectivity index (χ1n) is 14.1. The smallest absolute Gasteiger partial charge is 0.155 e. The molecule has 3 nitrogen and oxygen atoms in total. The van der Waals surface area contributed by atoms with Crippen LogP contribution in [0.2, 0.25) is 0 Å². The van der Waals surface area contributed by atoms with E-state index < -0.39 is 12.2 Å². The first-order valence-corrected chi connectivity index (χ1v) is 14.1. The molecule has 4 aliphatic rings. The highest BCUT2D eigenvalue weighted by Gasteiger charge is 2.58. The lowest BCUT2D eigenvalue weighted by atomic mass is 9.42. The molecule has 0 aliphatic heterocycles. The molecule has 0 spiro atoms. The van der Waals surface area contributed by atoms with Crippen molar-refractivity contribution in [3.63, 3.8) is 0 Å². The van der Waals surface area contributed by atoms with Crippen LogP contribution in [-0.4, -0.2) is 28.2 Å². The molecule has 3 heteroatoms. The van der Waals surface area contributed by atoms with Crippen LogP contribution in [0.3, 0.4) is 0 Å². The second-order valence-electron chi connectivity index (χ2n) is 13.2. The second-order valence-corrected chi connectivity index (χ2v) is 13.2. The monoisotopic (exact) mass is 458 g/mol. The van der Waals surface area contributed by atoms with Gasteiger partial charge in [0.15, 0.2) is 5.78 Å². The van der Waals surface area contributed by atoms with Gasteiger partial charge in [-0.2, -0.15) is 0 Å². The summed E-state index contributed by atoms with van der Waals surface area (Å²) in [5.74, 6) is 3.64. The average Bonchev–Trinajstić information content (AvgIpc) is 2.77. The van der Waals surface area contributed by atoms with E-state index in [0.717, 1.165) is 31.6 Å². The number of hydrogen-bond donors (Lipinski definition) is 2. The molecule has 0 amide bonds. The highest BCUT2D eigenvalue weighted by atomic mass is 16.3. The molecule has 2 N–H and O–H groups in total. The zero-order valence-electron chi connectivity index (χ0n) is 22.1. The molecule has 3 unspecified atom stereocenters. The fourth-order valence-corrected chi connectivity index (χ4v) is 9.57. The summed E-state index contributed by atoms with van der Waals surface area (Å²) in [7, 11) is 0. The molecule has 3 fully saturated rings. The van der Waals surface area contributed by atoms with E-state index in [-0.39, 0.29) is 22.7 Å². The third kappa shape index (κ3) is 4.18. The molecule has 10 atom stereocenters. The van der Waals surface area contributed by atoms with Gasteiger partial charge in [-0.15, -0.1) is 0 Å². The number of allylic oxidation sites excluding steroid dienone is 2. The lowest BCUT2D eigenvalue weighted by Crippen LogP contribution is -2.56. The zero-order chi connectivity index (χ0) is 24.1. The van der Waals surface area contributed by atoms with E-state index in [1.165, 1.54) is 44.1 Å². The van der Waals surface area contributed by atoms with E-state index >= 15 is 0 Å². The van der Waals surface area contributed by atoms with Crippen molar-refractivity contribution in [2.24, 2.45) is 52.3 Å². The van der Waals surface area contributed by atoms with Gasteiger partial charge in [-0.25, -0.2) is 0 Å². The van der Waals surface area contributed by atoms with E-state index in [1.54, 1.807) is 0 Å². The molecule has 0 heterocycles. The Labute approximate surface area is 202 Å². The van der Waals surface area contributed by atoms with Gasteiger partial charge in [-0.1, -0.05) is 60.0 Å². The Kier molecular flexibility index (Phi) is 7.25. The van der Waals surface area contributed by atoms with Crippen LogP contribution >= 0.6 is 0 Å². The Bertz CT molecular complexity index is 756. The molecule has 0 radical (unpaired) electrons. The van der Waals surface area contributed by atoms with E-state index in [1.807, 2.05) is 6.08 Å². The highest BCUT2D eigenvalue weighted by Crippen LogP contribution is 2.66. The van der Waals surface area contributed by atoms with Crippen molar-refractivity contribution in [2.45, 2.75) is 118 Å². The van der Waals surface area contributed by atoms with Gasteiger partial charge in [0, 0.05) is 6.42 Å². The number of carbonyl (C=O) groups is 1. The maximum Gasteiger partial charge on any atom is 0.155 e. The van der Waals surface area contributed by atoms with Gasteiger partial charge < -0.3 is 10.2 Å². The molecule has 188 valence electrons. The van der Waals surface area contributed by atoms with E-state index in [2.05, 4.69) is 41.5 Å². The van der Waals surface area contributed by atoms with Crippen molar-refractivity contribution in [2.75, 3.05) is 0 Å². The Hall–Kier alpha value is -0.670. The normalized spacial score (nSPS) is 42.5. The van der Waals surface area contributed by atoms with E-state index in [0.29, 0.717) is 29.5 Å². The third-order valence-corrected chi connectivity index (χ3v) is 11.6. The molecule has 0 aromatic heterocycles. The fraction of sp³-hybridized carbons (Fsp3) is 0.900. The standard InChI is InChI=1S/C30H50O3/c1-7-22(18(2)3)28(33)27(32)19(4)24-9-8-10-25-23-12-11-20-17-21(31)13-15-29(20,5)26(23)14-16-30(24,25)6/h17-19,22-28,32-33H,7-16H2,1-6H3/t19-,22-,23?,24+,25?,26?,27-,28-,29-,30+/m0/s1. The summed E-state index contributed by atoms with van der Waals surface area (Å²) in [6.07, 6.45) is 12.0. The van der Waals surface area contributed by atoms with Crippen molar-refractivity contribution in [1.29, 1.82) is 0 Å². The number of rotatable bonds is 6. The molecular formula is C30H50O3. The van der Waals surface area contributed by atoms with Gasteiger partial charge in [-0.05, 0) is 103 Å². The molecule has 0 aromatic rings. The lowest BCUT2D eigenvalue weighted by Gasteiger charge is -2.63. The maximum absolute atomic E-state index is 12.1. The summed E-state index contributed by atoms with van der Waals surface area (Å²) >= 11 is 0. The summed E-state index contributed by atoms with van der Waals surface area (Å²) in [5, 5.41) is 22.5. The van der Waals surface area contributed by atoms with Crippen LogP contribution in [-0.2, 0) is 4.79 Å². The SMILES string of the molecule is CC[C@@H](C(C)C)[C@H](O)[C@@H](O)[C@@H](C)[C@H]1CCCC2C3CCC4=CC(=O)CC[C@]4(C)C3CC[C@@]21C. The lowest BCUT2D eigenvalue weighted by molar-refractivity contribution is -0.142. The van der Waals surface area contributed by atoms with Crippen molar-refractivity contribution >= 4 is 5.78 Å². The van der Waals surface area contributed by atoms with Crippen molar-refractivity contribution in [1.82, 2.24) is 0 Å². The molecule has 0 bridgehead atoms. The number of ketones is 1. The largest absolute Gasteiger partial charge is 0.390 e. The van der Waals surface area contributed by atoms with Crippen LogP contribution in [0.4, 0.5) is 0 Å². The first-order chi connectivity index (χ1) is 15.5. The quantitative estimate of drug-likeness (QED) is 0.473. The van der Waals surface area contributed by atoms with Crippen LogP contribution in [0.1, 0.15) is 106 Å². The Balaban J connectivity index is 1.56. The zero-order valence-corrected chi connectivity index (χ0v) is 22.1. The number of aliphatic hydroxyl groups excluding tert-OH is 2. The summed E-state index contributed by atoms with van der Waals surface area (Å²) in [5.41, 5.74) is 1.92. The molecule has 4 rings (SSSR count). The number of hydrogen-bond acceptors (Lipinski definition) is 3. The molecule has 0 saturated heterocycles. The van der Waals surface area contributed by atoms with Crippen LogP contribution in [0.15, 0.2) is 11.6 Å². The van der Waals surface area contributed by atoms with Crippen molar-refractivity contribution < 1.29 is 15.0 Å². The minimum atomic E-state index is -0.640. The predicted octanol–water partition coefficient (Wildman–Crippen LogP) is 6.56. The van der Waals surface area contributed by atoms with Gasteiger partial charge in [0.1, 0.15) is 0 Å². The number of carbonyl (C=O) groups excluding carboxylic acids is 1. The summed E-state index contributed by atoms with van der Waals surface area (Å²) in [6, 6.07) is 0. The molecule has 3 saturated carbocycles.